The van der Waals surface area contributed by atoms with E-state index in [1.54, 1.807) is 6.20 Å². The molecular formula is C15H19N5. The van der Waals surface area contributed by atoms with Crippen LogP contribution in [0.2, 0.25) is 0 Å². The third-order valence-electron chi connectivity index (χ3n) is 3.46. The van der Waals surface area contributed by atoms with E-state index >= 15 is 0 Å². The highest BCUT2D eigenvalue weighted by Gasteiger charge is 2.10. The first kappa shape index (κ1) is 12.7. The summed E-state index contributed by atoms with van der Waals surface area (Å²) in [5.41, 5.74) is 2.55. The monoisotopic (exact) mass is 269 g/mol. The zero-order valence-corrected chi connectivity index (χ0v) is 11.7. The van der Waals surface area contributed by atoms with Gasteiger partial charge in [-0.25, -0.2) is 4.98 Å². The Kier molecular flexibility index (Phi) is 3.67. The lowest BCUT2D eigenvalue weighted by atomic mass is 10.1. The van der Waals surface area contributed by atoms with Gasteiger partial charge in [-0.1, -0.05) is 24.3 Å². The largest absolute Gasteiger partial charge is 0.352 e. The summed E-state index contributed by atoms with van der Waals surface area (Å²) in [5.74, 6) is 0.993. The summed E-state index contributed by atoms with van der Waals surface area (Å²) in [6.45, 7) is 3.58. The third-order valence-corrected chi connectivity index (χ3v) is 3.46. The van der Waals surface area contributed by atoms with Crippen LogP contribution in [0.25, 0.3) is 0 Å². The fraction of sp³-hybridized carbons (Fsp3) is 0.333. The van der Waals surface area contributed by atoms with Crippen molar-refractivity contribution in [3.05, 3.63) is 54.1 Å². The number of nitrogens with zero attached hydrogens (tertiary/aromatic N) is 4. The van der Waals surface area contributed by atoms with E-state index in [1.807, 2.05) is 12.5 Å². The number of hydrogen-bond acceptors (Lipinski definition) is 4. The fourth-order valence-electron chi connectivity index (χ4n) is 2.26. The van der Waals surface area contributed by atoms with Gasteiger partial charge >= 0.3 is 0 Å². The minimum atomic E-state index is 0.814. The summed E-state index contributed by atoms with van der Waals surface area (Å²) in [6, 6.07) is 8.65. The van der Waals surface area contributed by atoms with Crippen LogP contribution in [0.1, 0.15) is 11.1 Å². The van der Waals surface area contributed by atoms with Crippen molar-refractivity contribution in [2.24, 2.45) is 4.99 Å². The molecule has 0 atom stereocenters. The van der Waals surface area contributed by atoms with Crippen LogP contribution in [0.3, 0.4) is 0 Å². The van der Waals surface area contributed by atoms with Crippen LogP contribution in [-0.2, 0) is 13.1 Å². The van der Waals surface area contributed by atoms with Gasteiger partial charge in [-0.05, 0) is 11.1 Å². The van der Waals surface area contributed by atoms with Gasteiger partial charge in [-0.2, -0.15) is 0 Å². The number of benzene rings is 1. The van der Waals surface area contributed by atoms with Gasteiger partial charge in [0.15, 0.2) is 5.96 Å². The first-order valence-corrected chi connectivity index (χ1v) is 6.84. The Morgan fingerprint density at radius 2 is 2.00 bits per heavy atom. The second kappa shape index (κ2) is 5.77. The van der Waals surface area contributed by atoms with Crippen LogP contribution in [0, 0.1) is 0 Å². The molecule has 1 aromatic carbocycles. The number of nitrogens with one attached hydrogen (secondary N) is 1. The molecular weight excluding hydrogens is 250 g/mol. The molecule has 1 aliphatic heterocycles. The smallest absolute Gasteiger partial charge is 0.194 e. The highest BCUT2D eigenvalue weighted by molar-refractivity contribution is 5.81. The molecule has 0 unspecified atom stereocenters. The summed E-state index contributed by atoms with van der Waals surface area (Å²) >= 11 is 0. The molecule has 0 bridgehead atoms. The van der Waals surface area contributed by atoms with Crippen LogP contribution in [0.4, 0.5) is 0 Å². The summed E-state index contributed by atoms with van der Waals surface area (Å²) in [5, 5.41) is 3.37. The first-order chi connectivity index (χ1) is 9.81. The Hall–Kier alpha value is -2.30. The fourth-order valence-corrected chi connectivity index (χ4v) is 2.26. The SMILES string of the molecule is CN1CCN=C1NCc1ccc(Cn2ccnc2)cc1. The summed E-state index contributed by atoms with van der Waals surface area (Å²) in [4.78, 5) is 10.6. The van der Waals surface area contributed by atoms with Crippen molar-refractivity contribution < 1.29 is 0 Å². The van der Waals surface area contributed by atoms with Crippen LogP contribution >= 0.6 is 0 Å². The molecule has 0 saturated heterocycles. The summed E-state index contributed by atoms with van der Waals surface area (Å²) in [6.07, 6.45) is 5.62. The molecule has 1 aliphatic rings. The number of rotatable bonds is 4. The van der Waals surface area contributed by atoms with Gasteiger partial charge in [0, 0.05) is 39.1 Å². The lowest BCUT2D eigenvalue weighted by Crippen LogP contribution is -2.35. The minimum absolute atomic E-state index is 0.814. The molecule has 3 rings (SSSR count). The van der Waals surface area contributed by atoms with Crippen LogP contribution in [-0.4, -0.2) is 40.5 Å². The molecule has 0 aliphatic carbocycles. The van der Waals surface area contributed by atoms with Gasteiger partial charge < -0.3 is 14.8 Å². The quantitative estimate of drug-likeness (QED) is 0.910. The Morgan fingerprint density at radius 1 is 1.20 bits per heavy atom. The van der Waals surface area contributed by atoms with E-state index in [0.29, 0.717) is 0 Å². The molecule has 20 heavy (non-hydrogen) atoms. The number of hydrogen-bond donors (Lipinski definition) is 1. The molecule has 0 saturated carbocycles. The maximum Gasteiger partial charge on any atom is 0.194 e. The lowest BCUT2D eigenvalue weighted by molar-refractivity contribution is 0.534. The predicted molar refractivity (Wildman–Crippen MR) is 79.5 cm³/mol. The van der Waals surface area contributed by atoms with Crippen molar-refractivity contribution in [3.8, 4) is 0 Å². The molecule has 1 aromatic heterocycles. The van der Waals surface area contributed by atoms with Crippen molar-refractivity contribution in [1.82, 2.24) is 19.8 Å². The Morgan fingerprint density at radius 3 is 2.65 bits per heavy atom. The molecule has 0 fully saturated rings. The maximum absolute atomic E-state index is 4.42. The minimum Gasteiger partial charge on any atom is -0.352 e. The molecule has 5 nitrogen and oxygen atoms in total. The van der Waals surface area contributed by atoms with Crippen molar-refractivity contribution in [2.45, 2.75) is 13.1 Å². The van der Waals surface area contributed by atoms with Crippen LogP contribution < -0.4 is 5.32 Å². The first-order valence-electron chi connectivity index (χ1n) is 6.84. The number of guanidine groups is 1. The van der Waals surface area contributed by atoms with E-state index in [-0.39, 0.29) is 0 Å². The van der Waals surface area contributed by atoms with Crippen LogP contribution in [0.5, 0.6) is 0 Å². The number of imidazole rings is 1. The number of aromatic nitrogens is 2. The zero-order valence-electron chi connectivity index (χ0n) is 11.7. The average molecular weight is 269 g/mol. The van der Waals surface area contributed by atoms with Crippen molar-refractivity contribution in [2.75, 3.05) is 20.1 Å². The molecule has 0 radical (unpaired) electrons. The van der Waals surface area contributed by atoms with E-state index in [9.17, 15) is 0 Å². The molecule has 0 spiro atoms. The van der Waals surface area contributed by atoms with Gasteiger partial charge in [0.05, 0.1) is 12.9 Å². The van der Waals surface area contributed by atoms with Crippen LogP contribution in [0.15, 0.2) is 48.0 Å². The van der Waals surface area contributed by atoms with Crippen molar-refractivity contribution >= 4 is 5.96 Å². The molecule has 104 valence electrons. The molecule has 1 N–H and O–H groups in total. The van der Waals surface area contributed by atoms with E-state index in [2.05, 4.69) is 56.1 Å². The Balaban J connectivity index is 1.56. The molecule has 2 aromatic rings. The van der Waals surface area contributed by atoms with E-state index < -0.39 is 0 Å². The van der Waals surface area contributed by atoms with E-state index in [0.717, 1.165) is 32.1 Å². The zero-order chi connectivity index (χ0) is 13.8. The maximum atomic E-state index is 4.42. The van der Waals surface area contributed by atoms with Gasteiger partial charge in [0.25, 0.3) is 0 Å². The summed E-state index contributed by atoms with van der Waals surface area (Å²) in [7, 11) is 2.06. The topological polar surface area (TPSA) is 45.5 Å². The third kappa shape index (κ3) is 2.99. The average Bonchev–Trinajstić information content (AvgIpc) is 3.10. The normalized spacial score (nSPS) is 14.4. The lowest BCUT2D eigenvalue weighted by Gasteiger charge is -2.15. The van der Waals surface area contributed by atoms with Gasteiger partial charge in [-0.3, -0.25) is 4.99 Å². The number of aliphatic imine (C=N–C) groups is 1. The molecule has 2 heterocycles. The highest BCUT2D eigenvalue weighted by atomic mass is 15.3. The van der Waals surface area contributed by atoms with Crippen molar-refractivity contribution in [3.63, 3.8) is 0 Å². The van der Waals surface area contributed by atoms with Gasteiger partial charge in [-0.15, -0.1) is 0 Å². The Labute approximate surface area is 119 Å². The second-order valence-electron chi connectivity index (χ2n) is 5.03. The molecule has 5 heteroatoms. The Bertz CT molecular complexity index is 571. The second-order valence-corrected chi connectivity index (χ2v) is 5.03. The standard InChI is InChI=1S/C15H19N5/c1-19-8-7-17-15(19)18-10-13-2-4-14(5-3-13)11-20-9-6-16-12-20/h2-6,9,12H,7-8,10-11H2,1H3,(H,17,18). The van der Waals surface area contributed by atoms with Gasteiger partial charge in [0.2, 0.25) is 0 Å². The van der Waals surface area contributed by atoms with Crippen molar-refractivity contribution in [1.29, 1.82) is 0 Å². The van der Waals surface area contributed by atoms with Gasteiger partial charge in [0.1, 0.15) is 0 Å². The summed E-state index contributed by atoms with van der Waals surface area (Å²) < 4.78 is 2.06. The van der Waals surface area contributed by atoms with E-state index in [1.165, 1.54) is 11.1 Å². The van der Waals surface area contributed by atoms with E-state index in [4.69, 9.17) is 0 Å². The predicted octanol–water partition coefficient (Wildman–Crippen LogP) is 1.32. The molecule has 0 amide bonds. The number of likely N-dealkylation sites (N-methyl/N-ethyl adjacent to an activating group) is 1. The highest BCUT2D eigenvalue weighted by Crippen LogP contribution is 2.07.